The van der Waals surface area contributed by atoms with E-state index < -0.39 is 15.9 Å². The Bertz CT molecular complexity index is 1260. The summed E-state index contributed by atoms with van der Waals surface area (Å²) >= 11 is 6.25. The molecule has 3 N–H and O–H groups in total. The number of aromatic nitrogens is 1. The molecule has 162 valence electrons. The van der Waals surface area contributed by atoms with Crippen LogP contribution in [0.15, 0.2) is 53.4 Å². The number of anilines is 2. The second-order valence-corrected chi connectivity index (χ2v) is 10.7. The molecule has 0 aliphatic carbocycles. The largest absolute Gasteiger partial charge is 0.390 e. The molecule has 0 spiro atoms. The van der Waals surface area contributed by atoms with E-state index in [0.717, 1.165) is 22.2 Å². The van der Waals surface area contributed by atoms with E-state index in [0.29, 0.717) is 41.9 Å². The fraction of sp³-hybridized carbons (Fsp3) is 0.318. The van der Waals surface area contributed by atoms with Gasteiger partial charge in [-0.1, -0.05) is 29.8 Å². The van der Waals surface area contributed by atoms with Crippen molar-refractivity contribution in [2.45, 2.75) is 23.6 Å². The highest BCUT2D eigenvalue weighted by molar-refractivity contribution is 7.91. The first-order valence-electron chi connectivity index (χ1n) is 10.2. The van der Waals surface area contributed by atoms with E-state index in [-0.39, 0.29) is 11.8 Å². The molecule has 3 aromatic rings. The summed E-state index contributed by atoms with van der Waals surface area (Å²) in [6.45, 7) is 1.72. The Morgan fingerprint density at radius 2 is 1.90 bits per heavy atom. The Morgan fingerprint density at radius 3 is 2.68 bits per heavy atom. The summed E-state index contributed by atoms with van der Waals surface area (Å²) in [5, 5.41) is 11.7. The van der Waals surface area contributed by atoms with E-state index >= 15 is 0 Å². The molecular formula is C22H23ClN4O3S. The molecule has 31 heavy (non-hydrogen) atoms. The van der Waals surface area contributed by atoms with Crippen LogP contribution in [0.3, 0.4) is 0 Å². The Labute approximate surface area is 186 Å². The molecule has 5 rings (SSSR count). The van der Waals surface area contributed by atoms with Crippen LogP contribution in [0.1, 0.15) is 5.56 Å². The Morgan fingerprint density at radius 1 is 1.10 bits per heavy atom. The van der Waals surface area contributed by atoms with Crippen LogP contribution in [0.5, 0.6) is 0 Å². The minimum atomic E-state index is -3.35. The summed E-state index contributed by atoms with van der Waals surface area (Å²) in [6, 6.07) is 14.3. The van der Waals surface area contributed by atoms with Crippen molar-refractivity contribution in [2.24, 2.45) is 5.73 Å². The Kier molecular flexibility index (Phi) is 5.05. The molecule has 1 saturated heterocycles. The maximum Gasteiger partial charge on any atom is 0.180 e. The molecule has 1 aromatic heterocycles. The van der Waals surface area contributed by atoms with Gasteiger partial charge in [-0.25, -0.2) is 13.4 Å². The Balaban J connectivity index is 1.62. The monoisotopic (exact) mass is 458 g/mol. The molecule has 0 saturated carbocycles. The van der Waals surface area contributed by atoms with Crippen LogP contribution in [0.4, 0.5) is 11.5 Å². The van der Waals surface area contributed by atoms with E-state index in [9.17, 15) is 13.5 Å². The first-order valence-corrected chi connectivity index (χ1v) is 12.2. The van der Waals surface area contributed by atoms with Gasteiger partial charge in [-0.2, -0.15) is 0 Å². The van der Waals surface area contributed by atoms with E-state index in [1.807, 2.05) is 40.1 Å². The molecule has 0 radical (unpaired) electrons. The first-order chi connectivity index (χ1) is 14.8. The third kappa shape index (κ3) is 3.74. The van der Waals surface area contributed by atoms with Crippen LogP contribution in [0.2, 0.25) is 5.02 Å². The molecular weight excluding hydrogens is 436 g/mol. The molecule has 3 heterocycles. The molecule has 0 bridgehead atoms. The van der Waals surface area contributed by atoms with Crippen molar-refractivity contribution in [3.63, 3.8) is 0 Å². The number of nitrogens with two attached hydrogens (primary N) is 1. The number of rotatable bonds is 2. The molecule has 1 fully saturated rings. The highest BCUT2D eigenvalue weighted by atomic mass is 35.5. The molecule has 7 nitrogen and oxygen atoms in total. The lowest BCUT2D eigenvalue weighted by molar-refractivity contribution is 0.180. The summed E-state index contributed by atoms with van der Waals surface area (Å²) in [6.07, 6.45) is -0.610. The second-order valence-electron chi connectivity index (χ2n) is 8.15. The summed E-state index contributed by atoms with van der Waals surface area (Å²) in [5.74, 6) is 0.708. The smallest absolute Gasteiger partial charge is 0.180 e. The van der Waals surface area contributed by atoms with E-state index in [1.54, 1.807) is 18.2 Å². The quantitative estimate of drug-likeness (QED) is 0.607. The van der Waals surface area contributed by atoms with Crippen LogP contribution in [-0.4, -0.2) is 56.0 Å². The number of hydrogen-bond donors (Lipinski definition) is 2. The Hall–Kier alpha value is -2.39. The summed E-state index contributed by atoms with van der Waals surface area (Å²) in [4.78, 5) is 9.25. The van der Waals surface area contributed by atoms with E-state index in [2.05, 4.69) is 0 Å². The van der Waals surface area contributed by atoms with Crippen molar-refractivity contribution in [3.05, 3.63) is 59.1 Å². The van der Waals surface area contributed by atoms with Gasteiger partial charge in [0.2, 0.25) is 0 Å². The number of sulfone groups is 1. The maximum absolute atomic E-state index is 12.8. The summed E-state index contributed by atoms with van der Waals surface area (Å²) in [5.41, 5.74) is 8.46. The fourth-order valence-electron chi connectivity index (χ4n) is 4.36. The van der Waals surface area contributed by atoms with Crippen LogP contribution in [-0.2, 0) is 16.4 Å². The number of aliphatic hydroxyl groups is 1. The second kappa shape index (κ2) is 7.63. The SMILES string of the molecule is N[C@@H]1CN(c2cc(N3CCS(=O)(=O)c4ccccc4C3)nc3ccc(Cl)cc23)C[C@H]1O. The number of nitrogens with zero attached hydrogens (tertiary/aromatic N) is 3. The van der Waals surface area contributed by atoms with E-state index in [1.165, 1.54) is 0 Å². The van der Waals surface area contributed by atoms with Crippen molar-refractivity contribution in [3.8, 4) is 0 Å². The van der Waals surface area contributed by atoms with Gasteiger partial charge >= 0.3 is 0 Å². The van der Waals surface area contributed by atoms with Crippen molar-refractivity contribution in [1.82, 2.24) is 4.98 Å². The van der Waals surface area contributed by atoms with E-state index in [4.69, 9.17) is 22.3 Å². The average Bonchev–Trinajstić information content (AvgIpc) is 3.01. The van der Waals surface area contributed by atoms with Crippen molar-refractivity contribution >= 4 is 43.8 Å². The van der Waals surface area contributed by atoms with Crippen LogP contribution >= 0.6 is 11.6 Å². The van der Waals surface area contributed by atoms with Gasteiger partial charge in [-0.3, -0.25) is 0 Å². The van der Waals surface area contributed by atoms with Crippen LogP contribution in [0, 0.1) is 0 Å². The number of halogens is 1. The van der Waals surface area contributed by atoms with Gasteiger partial charge in [-0.05, 0) is 29.8 Å². The van der Waals surface area contributed by atoms with Crippen LogP contribution in [0.25, 0.3) is 10.9 Å². The van der Waals surface area contributed by atoms with Gasteiger partial charge in [0.1, 0.15) is 5.82 Å². The normalized spacial score (nSPS) is 23.1. The van der Waals surface area contributed by atoms with Gasteiger partial charge in [0, 0.05) is 48.7 Å². The maximum atomic E-state index is 12.8. The van der Waals surface area contributed by atoms with Crippen molar-refractivity contribution in [1.29, 1.82) is 0 Å². The van der Waals surface area contributed by atoms with Crippen molar-refractivity contribution in [2.75, 3.05) is 35.2 Å². The lowest BCUT2D eigenvalue weighted by atomic mass is 10.1. The predicted molar refractivity (Wildman–Crippen MR) is 122 cm³/mol. The third-order valence-electron chi connectivity index (χ3n) is 6.03. The molecule has 2 atom stereocenters. The van der Waals surface area contributed by atoms with Gasteiger partial charge < -0.3 is 20.6 Å². The summed E-state index contributed by atoms with van der Waals surface area (Å²) in [7, 11) is -3.35. The summed E-state index contributed by atoms with van der Waals surface area (Å²) < 4.78 is 25.5. The minimum Gasteiger partial charge on any atom is -0.390 e. The van der Waals surface area contributed by atoms with Crippen molar-refractivity contribution < 1.29 is 13.5 Å². The van der Waals surface area contributed by atoms with Gasteiger partial charge in [0.25, 0.3) is 0 Å². The molecule has 0 unspecified atom stereocenters. The zero-order valence-electron chi connectivity index (χ0n) is 16.8. The molecule has 2 aliphatic heterocycles. The zero-order valence-corrected chi connectivity index (χ0v) is 18.4. The lowest BCUT2D eigenvalue weighted by Crippen LogP contribution is -2.32. The molecule has 2 aliphatic rings. The molecule has 0 amide bonds. The number of benzene rings is 2. The highest BCUT2D eigenvalue weighted by Crippen LogP contribution is 2.35. The first kappa shape index (κ1) is 20.5. The molecule has 9 heteroatoms. The number of pyridine rings is 1. The standard InChI is InChI=1S/C22H23ClN4O3S/c23-15-5-6-18-16(9-15)19(27-12-17(24)20(28)13-27)10-22(25-18)26-7-8-31(29,30)21-4-2-1-3-14(21)11-26/h1-6,9-10,17,20,28H,7-8,11-13,24H2/t17-,20-/m1/s1. The minimum absolute atomic E-state index is 0.0208. The number of fused-ring (bicyclic) bond motifs is 2. The van der Waals surface area contributed by atoms with Crippen LogP contribution < -0.4 is 15.5 Å². The average molecular weight is 459 g/mol. The number of aliphatic hydroxyl groups excluding tert-OH is 1. The van der Waals surface area contributed by atoms with Gasteiger partial charge in [-0.15, -0.1) is 0 Å². The highest BCUT2D eigenvalue weighted by Gasteiger charge is 2.31. The molecule has 2 aromatic carbocycles. The fourth-order valence-corrected chi connectivity index (χ4v) is 6.03. The topological polar surface area (TPSA) is 99.8 Å². The number of hydrogen-bond acceptors (Lipinski definition) is 7. The van der Waals surface area contributed by atoms with Gasteiger partial charge in [0.05, 0.1) is 28.0 Å². The van der Waals surface area contributed by atoms with Gasteiger partial charge in [0.15, 0.2) is 9.84 Å². The number of β-amino-alcohol motifs (C(OH)–C–C–N with tert-alkyl or cyclic N) is 1. The predicted octanol–water partition coefficient (Wildman–Crippen LogP) is 2.19. The lowest BCUT2D eigenvalue weighted by Gasteiger charge is -2.26. The third-order valence-corrected chi connectivity index (χ3v) is 8.06. The zero-order chi connectivity index (χ0) is 21.8.